The summed E-state index contributed by atoms with van der Waals surface area (Å²) in [5, 5.41) is 0.231. The lowest BCUT2D eigenvalue weighted by Crippen LogP contribution is -2.16. The molecular formula is C10H17N2O4PS. The molecule has 1 aromatic heterocycles. The molecular weight excluding hydrogens is 275 g/mol. The molecule has 0 fully saturated rings. The molecule has 0 aliphatic heterocycles. The zero-order valence-corrected chi connectivity index (χ0v) is 12.3. The molecule has 0 saturated carbocycles. The molecule has 0 aliphatic rings. The van der Waals surface area contributed by atoms with Gasteiger partial charge in [-0.3, -0.25) is 9.36 Å². The first kappa shape index (κ1) is 15.2. The molecule has 0 radical (unpaired) electrons. The van der Waals surface area contributed by atoms with E-state index in [4.69, 9.17) is 20.5 Å². The second-order valence-corrected chi connectivity index (χ2v) is 6.78. The van der Waals surface area contributed by atoms with Crippen molar-refractivity contribution in [3.63, 3.8) is 0 Å². The van der Waals surface area contributed by atoms with Gasteiger partial charge >= 0.3 is 7.60 Å². The Labute approximate surface area is 110 Å². The van der Waals surface area contributed by atoms with E-state index in [1.807, 2.05) is 0 Å². The highest BCUT2D eigenvalue weighted by atomic mass is 32.1. The second kappa shape index (κ2) is 5.84. The van der Waals surface area contributed by atoms with Crippen molar-refractivity contribution in [1.29, 1.82) is 0 Å². The maximum absolute atomic E-state index is 12.6. The van der Waals surface area contributed by atoms with Crippen molar-refractivity contribution in [3.05, 3.63) is 11.1 Å². The minimum Gasteiger partial charge on any atom is -0.390 e. The van der Waals surface area contributed by atoms with Crippen LogP contribution in [0.4, 0.5) is 5.00 Å². The lowest BCUT2D eigenvalue weighted by molar-refractivity contribution is 0.100. The van der Waals surface area contributed by atoms with E-state index >= 15 is 0 Å². The molecule has 1 aromatic rings. The van der Waals surface area contributed by atoms with Crippen LogP contribution in [-0.2, 0) is 13.6 Å². The first-order valence-corrected chi connectivity index (χ1v) is 7.81. The maximum atomic E-state index is 12.6. The summed E-state index contributed by atoms with van der Waals surface area (Å²) in [5.41, 5.74) is 11.6. The maximum Gasteiger partial charge on any atom is 0.371 e. The van der Waals surface area contributed by atoms with Crippen LogP contribution >= 0.6 is 18.9 Å². The fourth-order valence-corrected chi connectivity index (χ4v) is 4.97. The molecule has 0 atom stereocenters. The van der Waals surface area contributed by atoms with E-state index in [1.165, 1.54) is 0 Å². The number of thiophene rings is 1. The van der Waals surface area contributed by atoms with Crippen LogP contribution in [-0.4, -0.2) is 19.1 Å². The fraction of sp³-hybridized carbons (Fsp3) is 0.500. The van der Waals surface area contributed by atoms with Crippen molar-refractivity contribution < 1.29 is 18.4 Å². The zero-order chi connectivity index (χ0) is 13.9. The van der Waals surface area contributed by atoms with E-state index in [2.05, 4.69) is 0 Å². The van der Waals surface area contributed by atoms with Crippen LogP contribution < -0.4 is 16.1 Å². The third-order valence-electron chi connectivity index (χ3n) is 2.24. The van der Waals surface area contributed by atoms with E-state index in [1.54, 1.807) is 20.8 Å². The highest BCUT2D eigenvalue weighted by Gasteiger charge is 2.34. The summed E-state index contributed by atoms with van der Waals surface area (Å²) in [6, 6.07) is 0. The molecule has 0 aromatic carbocycles. The highest BCUT2D eigenvalue weighted by molar-refractivity contribution is 7.69. The van der Waals surface area contributed by atoms with Gasteiger partial charge in [0.1, 0.15) is 4.62 Å². The van der Waals surface area contributed by atoms with Gasteiger partial charge in [0.05, 0.1) is 23.8 Å². The molecule has 1 rings (SSSR count). The molecule has 8 heteroatoms. The molecule has 102 valence electrons. The molecule has 6 nitrogen and oxygen atoms in total. The van der Waals surface area contributed by atoms with Crippen molar-refractivity contribution in [3.8, 4) is 0 Å². The average molecular weight is 292 g/mol. The summed E-state index contributed by atoms with van der Waals surface area (Å²) < 4.78 is 23.4. The molecule has 0 saturated heterocycles. The Morgan fingerprint density at radius 1 is 1.33 bits per heavy atom. The van der Waals surface area contributed by atoms with Crippen molar-refractivity contribution in [2.45, 2.75) is 20.8 Å². The van der Waals surface area contributed by atoms with Gasteiger partial charge in [0.25, 0.3) is 5.91 Å². The van der Waals surface area contributed by atoms with Crippen LogP contribution in [0.15, 0.2) is 0 Å². The molecule has 0 bridgehead atoms. The van der Waals surface area contributed by atoms with E-state index in [0.717, 1.165) is 11.3 Å². The van der Waals surface area contributed by atoms with Gasteiger partial charge < -0.3 is 20.5 Å². The minimum absolute atomic E-state index is 0.189. The van der Waals surface area contributed by atoms with Crippen molar-refractivity contribution in [2.75, 3.05) is 18.9 Å². The van der Waals surface area contributed by atoms with Gasteiger partial charge in [0.2, 0.25) is 0 Å². The number of rotatable bonds is 6. The number of hydrogen-bond donors (Lipinski definition) is 2. The van der Waals surface area contributed by atoms with Gasteiger partial charge in [-0.25, -0.2) is 0 Å². The standard InChI is InChI=1S/C10H17N2O4PS/c1-4-15-17(14,16-5-2)10-6(3)7(8(11)13)9(12)18-10/h4-5,12H2,1-3H3,(H2,11,13). The predicted molar refractivity (Wildman–Crippen MR) is 72.5 cm³/mol. The topological polar surface area (TPSA) is 105 Å². The Kier molecular flexibility index (Phi) is 4.92. The van der Waals surface area contributed by atoms with E-state index in [0.29, 0.717) is 10.2 Å². The van der Waals surface area contributed by atoms with Gasteiger partial charge in [0, 0.05) is 0 Å². The highest BCUT2D eigenvalue weighted by Crippen LogP contribution is 2.51. The van der Waals surface area contributed by atoms with Crippen LogP contribution in [0.5, 0.6) is 0 Å². The van der Waals surface area contributed by atoms with Gasteiger partial charge in [0.15, 0.2) is 0 Å². The summed E-state index contributed by atoms with van der Waals surface area (Å²) in [6.07, 6.45) is 0. The Balaban J connectivity index is 3.35. The smallest absolute Gasteiger partial charge is 0.371 e. The predicted octanol–water partition coefficient (Wildman–Crippen LogP) is 1.63. The van der Waals surface area contributed by atoms with Crippen LogP contribution in [0.1, 0.15) is 29.8 Å². The number of amides is 1. The molecule has 0 aliphatic carbocycles. The van der Waals surface area contributed by atoms with E-state index in [9.17, 15) is 9.36 Å². The van der Waals surface area contributed by atoms with Crippen LogP contribution in [0.25, 0.3) is 0 Å². The Morgan fingerprint density at radius 3 is 2.17 bits per heavy atom. The molecule has 1 amide bonds. The van der Waals surface area contributed by atoms with Gasteiger partial charge in [-0.1, -0.05) is 0 Å². The van der Waals surface area contributed by atoms with Gasteiger partial charge in [-0.15, -0.1) is 11.3 Å². The third kappa shape index (κ3) is 2.75. The lowest BCUT2D eigenvalue weighted by atomic mass is 10.2. The van der Waals surface area contributed by atoms with Crippen molar-refractivity contribution in [1.82, 2.24) is 0 Å². The van der Waals surface area contributed by atoms with Crippen LogP contribution in [0.2, 0.25) is 0 Å². The van der Waals surface area contributed by atoms with Gasteiger partial charge in [-0.2, -0.15) is 0 Å². The summed E-state index contributed by atoms with van der Waals surface area (Å²) >= 11 is 1.02. The molecule has 4 N–H and O–H groups in total. The van der Waals surface area contributed by atoms with Gasteiger partial charge in [-0.05, 0) is 26.3 Å². The Bertz CT molecular complexity index is 490. The number of nitrogen functional groups attached to an aromatic ring is 1. The molecule has 18 heavy (non-hydrogen) atoms. The summed E-state index contributed by atoms with van der Waals surface area (Å²) in [6.45, 7) is 5.54. The minimum atomic E-state index is -3.42. The first-order valence-electron chi connectivity index (χ1n) is 5.45. The number of carbonyl (C=O) groups is 1. The lowest BCUT2D eigenvalue weighted by Gasteiger charge is -2.16. The first-order chi connectivity index (χ1) is 8.37. The molecule has 0 unspecified atom stereocenters. The van der Waals surface area contributed by atoms with E-state index in [-0.39, 0.29) is 23.8 Å². The number of hydrogen-bond acceptors (Lipinski definition) is 6. The van der Waals surface area contributed by atoms with Crippen molar-refractivity contribution >= 4 is 34.5 Å². The monoisotopic (exact) mass is 292 g/mol. The Hall–Kier alpha value is -0.880. The summed E-state index contributed by atoms with van der Waals surface area (Å²) in [7, 11) is -3.42. The molecule has 0 spiro atoms. The summed E-state index contributed by atoms with van der Waals surface area (Å²) in [5.74, 6) is -0.646. The SMILES string of the molecule is CCOP(=O)(OCC)c1sc(N)c(C(N)=O)c1C. The Morgan fingerprint density at radius 2 is 1.83 bits per heavy atom. The second-order valence-electron chi connectivity index (χ2n) is 3.47. The largest absolute Gasteiger partial charge is 0.390 e. The van der Waals surface area contributed by atoms with Crippen LogP contribution in [0.3, 0.4) is 0 Å². The third-order valence-corrected chi connectivity index (χ3v) is 6.14. The molecule has 1 heterocycles. The number of carbonyl (C=O) groups excluding carboxylic acids is 1. The number of nitrogens with two attached hydrogens (primary N) is 2. The summed E-state index contributed by atoms with van der Waals surface area (Å²) in [4.78, 5) is 11.3. The number of anilines is 1. The van der Waals surface area contributed by atoms with Crippen LogP contribution in [0, 0.1) is 6.92 Å². The fourth-order valence-electron chi connectivity index (χ4n) is 1.59. The zero-order valence-electron chi connectivity index (χ0n) is 10.6. The van der Waals surface area contributed by atoms with E-state index < -0.39 is 13.5 Å². The normalized spacial score (nSPS) is 11.7. The number of primary amides is 1. The average Bonchev–Trinajstić information content (AvgIpc) is 2.55. The quantitative estimate of drug-likeness (QED) is 0.775. The van der Waals surface area contributed by atoms with Crippen molar-refractivity contribution in [2.24, 2.45) is 5.73 Å².